The van der Waals surface area contributed by atoms with E-state index in [9.17, 15) is 0 Å². The zero-order valence-electron chi connectivity index (χ0n) is 5.10. The molecule has 0 bridgehead atoms. The van der Waals surface area contributed by atoms with E-state index in [0.717, 1.165) is 5.56 Å². The summed E-state index contributed by atoms with van der Waals surface area (Å²) in [6, 6.07) is 1.87. The van der Waals surface area contributed by atoms with Crippen molar-refractivity contribution in [2.24, 2.45) is 0 Å². The second-order valence-corrected chi connectivity index (χ2v) is 15.4. The minimum Gasteiger partial charge on any atom is -0.276 e. The lowest BCUT2D eigenvalue weighted by Gasteiger charge is -1.65. The van der Waals surface area contributed by atoms with E-state index in [1.807, 2.05) is 11.4 Å². The molecule has 0 aliphatic rings. The van der Waals surface area contributed by atoms with Gasteiger partial charge in [0, 0.05) is 5.56 Å². The Hall–Kier alpha value is 1.49. The summed E-state index contributed by atoms with van der Waals surface area (Å²) in [5.74, 6) is 2.46. The molecular weight excluding hydrogens is 382 g/mol. The molecule has 0 aliphatic carbocycles. The van der Waals surface area contributed by atoms with Crippen LogP contribution in [-0.4, -0.2) is 12.6 Å². The quantitative estimate of drug-likeness (QED) is 0.366. The second-order valence-electron chi connectivity index (χ2n) is 1.18. The summed E-state index contributed by atoms with van der Waals surface area (Å²) in [5, 5.41) is 4.80. The van der Waals surface area contributed by atoms with Crippen LogP contribution in [0.5, 0.6) is 0 Å². The van der Waals surface area contributed by atoms with Gasteiger partial charge in [-0.25, -0.2) is 0 Å². The van der Waals surface area contributed by atoms with E-state index >= 15 is 0 Å². The third kappa shape index (κ3) is 6.21. The van der Waals surface area contributed by atoms with E-state index in [4.69, 9.17) is 6.42 Å². The highest BCUT2D eigenvalue weighted by Gasteiger charge is 1.80. The van der Waals surface area contributed by atoms with Gasteiger partial charge in [0.2, 0.25) is 0 Å². The molecule has 0 amide bonds. The molecule has 0 saturated carbocycles. The molecule has 0 aliphatic heterocycles. The summed E-state index contributed by atoms with van der Waals surface area (Å²) in [7, 11) is 0. The van der Waals surface area contributed by atoms with Gasteiger partial charge >= 0.3 is 12.6 Å². The van der Waals surface area contributed by atoms with Gasteiger partial charge in [0.15, 0.2) is 0 Å². The number of thiophene rings is 1. The maximum Gasteiger partial charge on any atom is 0.552 e. The highest BCUT2D eigenvalue weighted by atomic mass is 127. The SMILES string of the molecule is C#Cc1[c]scc1.[I][Mg][I]. The van der Waals surface area contributed by atoms with Crippen LogP contribution in [0.1, 0.15) is 5.56 Å². The fraction of sp³-hybridized carbons (Fsp3) is 0. The molecule has 1 heterocycles. The number of rotatable bonds is 0. The second kappa shape index (κ2) is 8.58. The Kier molecular flexibility index (Phi) is 9.86. The van der Waals surface area contributed by atoms with Gasteiger partial charge < -0.3 is 0 Å². The van der Waals surface area contributed by atoms with Gasteiger partial charge in [-0.2, -0.15) is 0 Å². The van der Waals surface area contributed by atoms with Crippen molar-refractivity contribution in [3.63, 3.8) is 0 Å². The molecule has 1 aromatic heterocycles. The maximum atomic E-state index is 5.02. The van der Waals surface area contributed by atoms with Crippen molar-refractivity contribution in [3.8, 4) is 12.3 Å². The third-order valence-electron chi connectivity index (χ3n) is 0.627. The van der Waals surface area contributed by atoms with E-state index in [1.165, 1.54) is 11.3 Å². The molecule has 0 aromatic carbocycles. The van der Waals surface area contributed by atoms with Crippen molar-refractivity contribution in [2.45, 2.75) is 0 Å². The van der Waals surface area contributed by atoms with Crippen LogP contribution in [0.15, 0.2) is 11.4 Å². The van der Waals surface area contributed by atoms with E-state index in [0.29, 0.717) is 12.6 Å². The number of hydrogen-bond acceptors (Lipinski definition) is 1. The average molecular weight is 385 g/mol. The molecule has 0 fully saturated rings. The monoisotopic (exact) mass is 385 g/mol. The first kappa shape index (κ1) is 11.5. The Balaban J connectivity index is 0.000000236. The highest BCUT2D eigenvalue weighted by molar-refractivity contribution is 14.3. The van der Waals surface area contributed by atoms with E-state index in [1.54, 1.807) is 0 Å². The van der Waals surface area contributed by atoms with Crippen molar-refractivity contribution >= 4 is 61.6 Å². The summed E-state index contributed by atoms with van der Waals surface area (Å²) in [4.78, 5) is 0. The molecule has 0 unspecified atom stereocenters. The predicted molar refractivity (Wildman–Crippen MR) is 64.9 cm³/mol. The normalized spacial score (nSPS) is 6.50. The van der Waals surface area contributed by atoms with Crippen LogP contribution in [0.4, 0.5) is 0 Å². The molecule has 49 valence electrons. The lowest BCUT2D eigenvalue weighted by molar-refractivity contribution is 1.86. The van der Waals surface area contributed by atoms with E-state index in [-0.39, 0.29) is 0 Å². The lowest BCUT2D eigenvalue weighted by Crippen LogP contribution is -1.55. The highest BCUT2D eigenvalue weighted by Crippen LogP contribution is 2.00. The zero-order chi connectivity index (χ0) is 7.82. The van der Waals surface area contributed by atoms with Crippen molar-refractivity contribution in [3.05, 3.63) is 22.4 Å². The summed E-state index contributed by atoms with van der Waals surface area (Å²) < 4.78 is 0. The number of hydrogen-bond donors (Lipinski definition) is 0. The lowest BCUT2D eigenvalue weighted by atomic mass is 10.4. The molecule has 0 N–H and O–H groups in total. The van der Waals surface area contributed by atoms with Gasteiger partial charge in [-0.05, 0) is 11.4 Å². The Bertz CT molecular complexity index is 190. The first-order valence-electron chi connectivity index (χ1n) is 2.39. The van der Waals surface area contributed by atoms with Crippen LogP contribution < -0.4 is 0 Å². The number of halogens is 2. The molecule has 0 atom stereocenters. The van der Waals surface area contributed by atoms with Gasteiger partial charge in [0.05, 0.1) is 5.38 Å². The van der Waals surface area contributed by atoms with E-state index < -0.39 is 0 Å². The Labute approximate surface area is 94.7 Å². The topological polar surface area (TPSA) is 0 Å². The fourth-order valence-electron chi connectivity index (χ4n) is 0.311. The van der Waals surface area contributed by atoms with Gasteiger partial charge in [0.1, 0.15) is 0 Å². The van der Waals surface area contributed by atoms with Crippen LogP contribution >= 0.6 is 49.0 Å². The third-order valence-corrected chi connectivity index (χ3v) is 1.24. The molecule has 0 saturated heterocycles. The van der Waals surface area contributed by atoms with Crippen LogP contribution in [0, 0.1) is 17.7 Å². The molecule has 4 heteroatoms. The van der Waals surface area contributed by atoms with Gasteiger partial charge in [-0.15, -0.1) is 17.8 Å². The zero-order valence-corrected chi connectivity index (χ0v) is 11.6. The van der Waals surface area contributed by atoms with Crippen LogP contribution in [0.25, 0.3) is 0 Å². The fourth-order valence-corrected chi connectivity index (χ4v) is 0.837. The Morgan fingerprint density at radius 3 is 2.50 bits per heavy atom. The van der Waals surface area contributed by atoms with Crippen molar-refractivity contribution in [1.82, 2.24) is 0 Å². The maximum absolute atomic E-state index is 5.02. The largest absolute Gasteiger partial charge is 0.552 e. The summed E-state index contributed by atoms with van der Waals surface area (Å²) in [6.07, 6.45) is 5.02. The standard InChI is InChI=1S/C6H3S.2HI.Mg/c1-2-6-3-4-7-5-6;;;/h1,3-4H;2*1H;/q;;;+2/p-2. The summed E-state index contributed by atoms with van der Waals surface area (Å²) in [6.45, 7) is 0. The molecule has 1 aromatic rings. The molecule has 10 heavy (non-hydrogen) atoms. The summed E-state index contributed by atoms with van der Waals surface area (Å²) in [5.41, 5.74) is 0.852. The molecule has 0 spiro atoms. The van der Waals surface area contributed by atoms with Crippen molar-refractivity contribution in [1.29, 1.82) is 0 Å². The van der Waals surface area contributed by atoms with Gasteiger partial charge in [0.25, 0.3) is 0 Å². The van der Waals surface area contributed by atoms with E-state index in [2.05, 4.69) is 49.0 Å². The Morgan fingerprint density at radius 2 is 2.30 bits per heavy atom. The number of terminal acetylenes is 1. The molecule has 1 rings (SSSR count). The smallest absolute Gasteiger partial charge is 0.276 e. The van der Waals surface area contributed by atoms with Gasteiger partial charge in [-0.1, -0.05) is 5.92 Å². The predicted octanol–water partition coefficient (Wildman–Crippen LogP) is 2.92. The average Bonchev–Trinajstić information content (AvgIpc) is 2.39. The van der Waals surface area contributed by atoms with Gasteiger partial charge in [-0.3, -0.25) is 37.7 Å². The molecule has 0 nitrogen and oxygen atoms in total. The summed E-state index contributed by atoms with van der Waals surface area (Å²) >= 11 is 6.68. The molecule has 1 radical (unpaired) electrons. The van der Waals surface area contributed by atoms with Crippen molar-refractivity contribution in [2.75, 3.05) is 0 Å². The minimum atomic E-state index is 0.357. The molecular formula is C6H3I2MgS. The van der Waals surface area contributed by atoms with Crippen molar-refractivity contribution < 1.29 is 0 Å². The van der Waals surface area contributed by atoms with Crippen LogP contribution in [-0.2, 0) is 0 Å². The first-order chi connectivity index (χ1) is 4.85. The first-order valence-corrected chi connectivity index (χ1v) is 13.5. The minimum absolute atomic E-state index is 0.357. The van der Waals surface area contributed by atoms with Crippen LogP contribution in [0.3, 0.4) is 0 Å². The van der Waals surface area contributed by atoms with Crippen LogP contribution in [0.2, 0.25) is 0 Å². The Morgan fingerprint density at radius 1 is 1.70 bits per heavy atom.